The van der Waals surface area contributed by atoms with Gasteiger partial charge < -0.3 is 10.1 Å². The normalized spacial score (nSPS) is 30.5. The first-order chi connectivity index (χ1) is 8.60. The Bertz CT molecular complexity index is 245. The molecule has 0 bridgehead atoms. The van der Waals surface area contributed by atoms with E-state index in [1.54, 1.807) is 0 Å². The monoisotopic (exact) mass is 264 g/mol. The predicted octanol–water partition coefficient (Wildman–Crippen LogP) is 1.98. The van der Waals surface area contributed by atoms with Crippen LogP contribution >= 0.6 is 0 Å². The molecule has 0 aromatic heterocycles. The van der Waals surface area contributed by atoms with E-state index in [9.17, 15) is 8.78 Å². The molecule has 2 aliphatic rings. The third-order valence-electron chi connectivity index (χ3n) is 3.53. The molecule has 2 fully saturated rings. The maximum absolute atomic E-state index is 13.4. The molecule has 5 heteroatoms. The Balaban J connectivity index is 0.000000771. The summed E-state index contributed by atoms with van der Waals surface area (Å²) in [6.45, 7) is 10.6. The van der Waals surface area contributed by atoms with E-state index in [2.05, 4.69) is 10.2 Å². The van der Waals surface area contributed by atoms with Crippen molar-refractivity contribution in [3.8, 4) is 0 Å². The fraction of sp³-hybridized carbons (Fsp3) is 1.00. The van der Waals surface area contributed by atoms with Crippen LogP contribution in [0, 0.1) is 5.41 Å². The fourth-order valence-electron chi connectivity index (χ4n) is 2.35. The van der Waals surface area contributed by atoms with Gasteiger partial charge in [0, 0.05) is 45.8 Å². The first-order valence-electron chi connectivity index (χ1n) is 6.98. The van der Waals surface area contributed by atoms with Gasteiger partial charge in [0.2, 0.25) is 0 Å². The Labute approximate surface area is 109 Å². The highest BCUT2D eigenvalue weighted by Gasteiger charge is 2.71. The van der Waals surface area contributed by atoms with Crippen molar-refractivity contribution in [2.75, 3.05) is 45.9 Å². The van der Waals surface area contributed by atoms with Gasteiger partial charge in [-0.25, -0.2) is 8.78 Å². The van der Waals surface area contributed by atoms with Crippen molar-refractivity contribution in [3.63, 3.8) is 0 Å². The third-order valence-corrected chi connectivity index (χ3v) is 3.53. The lowest BCUT2D eigenvalue weighted by molar-refractivity contribution is -0.00577. The second-order valence-corrected chi connectivity index (χ2v) is 4.82. The fourth-order valence-corrected chi connectivity index (χ4v) is 2.35. The number of ether oxygens (including phenoxy) is 1. The van der Waals surface area contributed by atoms with Crippen LogP contribution in [-0.4, -0.2) is 56.8 Å². The lowest BCUT2D eigenvalue weighted by Crippen LogP contribution is -2.47. The van der Waals surface area contributed by atoms with Gasteiger partial charge >= 0.3 is 0 Å². The molecule has 0 radical (unpaired) electrons. The van der Waals surface area contributed by atoms with Crippen molar-refractivity contribution < 1.29 is 13.5 Å². The summed E-state index contributed by atoms with van der Waals surface area (Å²) in [6, 6.07) is 0. The molecule has 1 heterocycles. The summed E-state index contributed by atoms with van der Waals surface area (Å²) in [5.41, 5.74) is -0.902. The van der Waals surface area contributed by atoms with Crippen molar-refractivity contribution in [1.82, 2.24) is 10.2 Å². The molecule has 0 aromatic rings. The molecule has 1 N–H and O–H groups in total. The number of piperazine rings is 1. The zero-order chi connectivity index (χ0) is 13.6. The Morgan fingerprint density at radius 3 is 2.22 bits per heavy atom. The topological polar surface area (TPSA) is 24.5 Å². The summed E-state index contributed by atoms with van der Waals surface area (Å²) >= 11 is 0. The van der Waals surface area contributed by atoms with Crippen LogP contribution in [0.1, 0.15) is 27.2 Å². The molecule has 1 aliphatic heterocycles. The lowest BCUT2D eigenvalue weighted by Gasteiger charge is -2.31. The van der Waals surface area contributed by atoms with Crippen LogP contribution in [0.15, 0.2) is 0 Å². The summed E-state index contributed by atoms with van der Waals surface area (Å²) in [6.07, 6.45) is -0.00999. The average molecular weight is 264 g/mol. The van der Waals surface area contributed by atoms with Crippen molar-refractivity contribution in [3.05, 3.63) is 0 Å². The molecule has 1 unspecified atom stereocenters. The number of hydrogen-bond donors (Lipinski definition) is 1. The van der Waals surface area contributed by atoms with E-state index < -0.39 is 11.3 Å². The van der Waals surface area contributed by atoms with E-state index in [1.165, 1.54) is 0 Å². The van der Waals surface area contributed by atoms with Crippen molar-refractivity contribution in [1.29, 1.82) is 0 Å². The van der Waals surface area contributed by atoms with Crippen molar-refractivity contribution >= 4 is 0 Å². The first kappa shape index (κ1) is 15.8. The van der Waals surface area contributed by atoms with Gasteiger partial charge in [0.1, 0.15) is 0 Å². The molecule has 1 atom stereocenters. The molecule has 108 valence electrons. The Kier molecular flexibility index (Phi) is 5.95. The number of rotatable bonds is 5. The zero-order valence-electron chi connectivity index (χ0n) is 11.8. The number of halogens is 2. The van der Waals surface area contributed by atoms with Gasteiger partial charge in [-0.05, 0) is 6.92 Å². The van der Waals surface area contributed by atoms with Crippen LogP contribution in [0.3, 0.4) is 0 Å². The summed E-state index contributed by atoms with van der Waals surface area (Å²) in [5.74, 6) is -2.52. The molecular weight excluding hydrogens is 238 g/mol. The van der Waals surface area contributed by atoms with E-state index in [0.717, 1.165) is 26.2 Å². The molecule has 1 saturated heterocycles. The van der Waals surface area contributed by atoms with Gasteiger partial charge in [-0.3, -0.25) is 4.90 Å². The molecule has 0 spiro atoms. The summed E-state index contributed by atoms with van der Waals surface area (Å²) in [5, 5.41) is 3.22. The van der Waals surface area contributed by atoms with Crippen LogP contribution in [0.5, 0.6) is 0 Å². The average Bonchev–Trinajstić information content (AvgIpc) is 2.92. The molecule has 0 aromatic carbocycles. The van der Waals surface area contributed by atoms with Crippen LogP contribution in [-0.2, 0) is 4.74 Å². The van der Waals surface area contributed by atoms with Crippen molar-refractivity contribution in [2.24, 2.45) is 5.41 Å². The SMILES string of the molecule is CC.CCOCC1(CN2CCNCC2)CC1(F)F. The number of hydrogen-bond acceptors (Lipinski definition) is 3. The molecule has 2 rings (SSSR count). The Hall–Kier alpha value is -0.260. The molecular formula is C13H26F2N2O. The van der Waals surface area contributed by atoms with E-state index in [-0.39, 0.29) is 13.0 Å². The maximum atomic E-state index is 13.4. The largest absolute Gasteiger partial charge is 0.381 e. The molecule has 1 saturated carbocycles. The van der Waals surface area contributed by atoms with Crippen LogP contribution in [0.2, 0.25) is 0 Å². The minimum atomic E-state index is -2.52. The quantitative estimate of drug-likeness (QED) is 0.822. The van der Waals surface area contributed by atoms with Gasteiger partial charge in [-0.15, -0.1) is 0 Å². The second-order valence-electron chi connectivity index (χ2n) is 4.82. The molecule has 1 aliphatic carbocycles. The smallest absolute Gasteiger partial charge is 0.258 e. The van der Waals surface area contributed by atoms with Crippen LogP contribution in [0.25, 0.3) is 0 Å². The summed E-state index contributed by atoms with van der Waals surface area (Å²) in [4.78, 5) is 2.12. The number of alkyl halides is 2. The number of nitrogens with zero attached hydrogens (tertiary/aromatic N) is 1. The van der Waals surface area contributed by atoms with Crippen molar-refractivity contribution in [2.45, 2.75) is 33.1 Å². The second kappa shape index (κ2) is 6.78. The van der Waals surface area contributed by atoms with Gasteiger partial charge in [0.05, 0.1) is 12.0 Å². The molecule has 0 amide bonds. The predicted molar refractivity (Wildman–Crippen MR) is 69.1 cm³/mol. The summed E-state index contributed by atoms with van der Waals surface area (Å²) in [7, 11) is 0. The van der Waals surface area contributed by atoms with Gasteiger partial charge in [0.15, 0.2) is 0 Å². The summed E-state index contributed by atoms with van der Waals surface area (Å²) < 4.78 is 32.0. The van der Waals surface area contributed by atoms with E-state index in [0.29, 0.717) is 13.2 Å². The van der Waals surface area contributed by atoms with Gasteiger partial charge in [-0.2, -0.15) is 0 Å². The standard InChI is InChI=1S/C11H20F2N2O.C2H6/c1-2-16-9-10(7-11(10,12)13)8-15-5-3-14-4-6-15;1-2/h14H,2-9H2,1H3;1-2H3. The third kappa shape index (κ3) is 3.62. The first-order valence-corrected chi connectivity index (χ1v) is 6.98. The molecule has 18 heavy (non-hydrogen) atoms. The highest BCUT2D eigenvalue weighted by Crippen LogP contribution is 2.60. The van der Waals surface area contributed by atoms with Crippen LogP contribution < -0.4 is 5.32 Å². The lowest BCUT2D eigenvalue weighted by atomic mass is 10.1. The Morgan fingerprint density at radius 2 is 1.78 bits per heavy atom. The minimum Gasteiger partial charge on any atom is -0.381 e. The van der Waals surface area contributed by atoms with E-state index in [4.69, 9.17) is 4.74 Å². The number of nitrogens with one attached hydrogen (secondary N) is 1. The highest BCUT2D eigenvalue weighted by molar-refractivity contribution is 5.11. The van der Waals surface area contributed by atoms with Gasteiger partial charge in [0.25, 0.3) is 5.92 Å². The van der Waals surface area contributed by atoms with E-state index >= 15 is 0 Å². The minimum absolute atomic E-state index is 0.00999. The highest BCUT2D eigenvalue weighted by atomic mass is 19.3. The zero-order valence-corrected chi connectivity index (χ0v) is 11.8. The Morgan fingerprint density at radius 1 is 1.22 bits per heavy atom. The van der Waals surface area contributed by atoms with Gasteiger partial charge in [-0.1, -0.05) is 13.8 Å². The van der Waals surface area contributed by atoms with Crippen LogP contribution in [0.4, 0.5) is 8.78 Å². The van der Waals surface area contributed by atoms with E-state index in [1.807, 2.05) is 20.8 Å². The molecule has 3 nitrogen and oxygen atoms in total. The maximum Gasteiger partial charge on any atom is 0.258 e.